The highest BCUT2D eigenvalue weighted by Gasteiger charge is 2.33. The molecule has 0 spiro atoms. The summed E-state index contributed by atoms with van der Waals surface area (Å²) in [5.74, 6) is 0.874. The smallest absolute Gasteiger partial charge is 0.338 e. The van der Waals surface area contributed by atoms with Gasteiger partial charge in [-0.1, -0.05) is 79.2 Å². The number of nitrogens with zero attached hydrogens (tertiary/aromatic N) is 2. The first-order chi connectivity index (χ1) is 21.1. The van der Waals surface area contributed by atoms with Gasteiger partial charge in [-0.05, 0) is 76.7 Å². The number of benzene rings is 3. The van der Waals surface area contributed by atoms with Gasteiger partial charge in [-0.2, -0.15) is 0 Å². The van der Waals surface area contributed by atoms with Crippen molar-refractivity contribution in [2.45, 2.75) is 46.3 Å². The molecule has 0 fully saturated rings. The minimum Gasteiger partial charge on any atom is -0.493 e. The number of carbonyl (C=O) groups excluding carboxylic acids is 1. The van der Waals surface area contributed by atoms with Gasteiger partial charge in [0, 0.05) is 10.6 Å². The number of thiazole rings is 1. The van der Waals surface area contributed by atoms with E-state index in [1.54, 1.807) is 31.6 Å². The van der Waals surface area contributed by atoms with E-state index in [9.17, 15) is 9.59 Å². The average molecular weight is 696 g/mol. The Morgan fingerprint density at radius 1 is 1.16 bits per heavy atom. The first-order valence-corrected chi connectivity index (χ1v) is 16.1. The van der Waals surface area contributed by atoms with Gasteiger partial charge in [0.05, 0.1) is 40.0 Å². The van der Waals surface area contributed by atoms with Crippen LogP contribution in [0.2, 0.25) is 5.02 Å². The molecule has 0 unspecified atom stereocenters. The van der Waals surface area contributed by atoms with Gasteiger partial charge < -0.3 is 14.2 Å². The molecule has 0 radical (unpaired) electrons. The summed E-state index contributed by atoms with van der Waals surface area (Å²) in [6.07, 6.45) is 1.79. The van der Waals surface area contributed by atoms with Gasteiger partial charge in [-0.3, -0.25) is 9.36 Å². The largest absolute Gasteiger partial charge is 0.493 e. The number of ether oxygens (including phenoxy) is 3. The summed E-state index contributed by atoms with van der Waals surface area (Å²) < 4.78 is 19.8. The number of esters is 1. The second-order valence-corrected chi connectivity index (χ2v) is 12.8. The van der Waals surface area contributed by atoms with Crippen LogP contribution >= 0.6 is 38.9 Å². The Balaban J connectivity index is 1.58. The molecule has 0 N–H and O–H groups in total. The van der Waals surface area contributed by atoms with Gasteiger partial charge in [0.15, 0.2) is 16.3 Å². The zero-order chi connectivity index (χ0) is 31.5. The molecule has 1 aliphatic heterocycles. The monoisotopic (exact) mass is 694 g/mol. The molecule has 0 aliphatic carbocycles. The van der Waals surface area contributed by atoms with Crippen molar-refractivity contribution in [3.8, 4) is 11.5 Å². The highest BCUT2D eigenvalue weighted by molar-refractivity contribution is 9.10. The summed E-state index contributed by atoms with van der Waals surface area (Å²) in [6.45, 7) is 8.26. The Morgan fingerprint density at radius 3 is 2.55 bits per heavy atom. The van der Waals surface area contributed by atoms with E-state index in [1.165, 1.54) is 16.9 Å². The lowest BCUT2D eigenvalue weighted by Crippen LogP contribution is -2.39. The predicted molar refractivity (Wildman–Crippen MR) is 177 cm³/mol. The summed E-state index contributed by atoms with van der Waals surface area (Å²) in [6, 6.07) is 18.5. The van der Waals surface area contributed by atoms with E-state index in [1.807, 2.05) is 60.7 Å². The molecule has 1 aromatic heterocycles. The Kier molecular flexibility index (Phi) is 9.78. The zero-order valence-electron chi connectivity index (χ0n) is 25.0. The highest BCUT2D eigenvalue weighted by atomic mass is 79.9. The lowest BCUT2D eigenvalue weighted by atomic mass is 9.93. The Hall–Kier alpha value is -3.66. The Bertz CT molecular complexity index is 1930. The van der Waals surface area contributed by atoms with Crippen LogP contribution in [0.3, 0.4) is 0 Å². The van der Waals surface area contributed by atoms with Crippen molar-refractivity contribution in [1.29, 1.82) is 0 Å². The van der Waals surface area contributed by atoms with E-state index in [2.05, 4.69) is 34.8 Å². The van der Waals surface area contributed by atoms with Crippen molar-refractivity contribution in [1.82, 2.24) is 4.57 Å². The van der Waals surface area contributed by atoms with Crippen LogP contribution in [-0.2, 0) is 16.1 Å². The zero-order valence-corrected chi connectivity index (χ0v) is 28.2. The number of carbonyl (C=O) groups is 1. The minimum absolute atomic E-state index is 0.216. The van der Waals surface area contributed by atoms with E-state index in [-0.39, 0.29) is 18.8 Å². The van der Waals surface area contributed by atoms with E-state index in [0.29, 0.717) is 47.5 Å². The molecule has 0 amide bonds. The molecule has 10 heteroatoms. The number of hydrogen-bond donors (Lipinski definition) is 0. The minimum atomic E-state index is -0.671. The molecule has 5 rings (SSSR count). The van der Waals surface area contributed by atoms with Crippen LogP contribution < -0.4 is 24.4 Å². The third-order valence-electron chi connectivity index (χ3n) is 7.32. The molecule has 7 nitrogen and oxygen atoms in total. The fourth-order valence-corrected chi connectivity index (χ4v) is 6.86. The third-order valence-corrected chi connectivity index (χ3v) is 9.26. The van der Waals surface area contributed by atoms with Gasteiger partial charge in [0.1, 0.15) is 6.61 Å². The first kappa shape index (κ1) is 31.8. The summed E-state index contributed by atoms with van der Waals surface area (Å²) >= 11 is 11.2. The van der Waals surface area contributed by atoms with E-state index in [4.69, 9.17) is 25.8 Å². The SMILES string of the molecule is CCOC(=O)C1=C(C)N=c2s/c(=C\c3cc(Br)c(OCc4ccccc4Cl)c(OC)c3)c(=O)n2[C@H]1c1ccc(C(C)C)cc1. The van der Waals surface area contributed by atoms with E-state index >= 15 is 0 Å². The average Bonchev–Trinajstić information content (AvgIpc) is 3.30. The van der Waals surface area contributed by atoms with Gasteiger partial charge >= 0.3 is 5.97 Å². The number of hydrogen-bond acceptors (Lipinski definition) is 7. The maximum atomic E-state index is 14.0. The van der Waals surface area contributed by atoms with Crippen LogP contribution in [0.15, 0.2) is 86.2 Å². The standard InChI is InChI=1S/C34H32BrClN2O5S/c1-6-42-33(40)29-20(4)37-34-38(30(29)23-13-11-22(12-14-23)19(2)3)32(39)28(44-34)17-21-15-25(35)31(27(16-21)41-5)43-18-24-9-7-8-10-26(24)36/h7-17,19,30H,6,18H2,1-5H3/b28-17-/t30-/m0/s1. The molecule has 0 bridgehead atoms. The van der Waals surface area contributed by atoms with Crippen molar-refractivity contribution >= 4 is 50.9 Å². The quantitative estimate of drug-likeness (QED) is 0.178. The molecule has 228 valence electrons. The summed E-state index contributed by atoms with van der Waals surface area (Å²) in [5, 5.41) is 0.616. The maximum absolute atomic E-state index is 14.0. The van der Waals surface area contributed by atoms with Gasteiger partial charge in [-0.15, -0.1) is 0 Å². The number of aromatic nitrogens is 1. The van der Waals surface area contributed by atoms with Gasteiger partial charge in [-0.25, -0.2) is 9.79 Å². The molecular formula is C34H32BrClN2O5S. The molecule has 4 aromatic rings. The van der Waals surface area contributed by atoms with Gasteiger partial charge in [0.25, 0.3) is 5.56 Å². The van der Waals surface area contributed by atoms with Crippen molar-refractivity contribution < 1.29 is 19.0 Å². The number of fused-ring (bicyclic) bond motifs is 1. The Labute approximate surface area is 273 Å². The van der Waals surface area contributed by atoms with E-state index < -0.39 is 12.0 Å². The highest BCUT2D eigenvalue weighted by Crippen LogP contribution is 2.38. The first-order valence-electron chi connectivity index (χ1n) is 14.2. The van der Waals surface area contributed by atoms with Crippen molar-refractivity contribution in [2.75, 3.05) is 13.7 Å². The van der Waals surface area contributed by atoms with Crippen LogP contribution in [0.4, 0.5) is 0 Å². The second kappa shape index (κ2) is 13.5. The third kappa shape index (κ3) is 6.41. The van der Waals surface area contributed by atoms with Gasteiger partial charge in [0.2, 0.25) is 0 Å². The van der Waals surface area contributed by atoms with Crippen LogP contribution in [0.25, 0.3) is 6.08 Å². The van der Waals surface area contributed by atoms with Crippen molar-refractivity contribution in [3.05, 3.63) is 123 Å². The van der Waals surface area contributed by atoms with Crippen LogP contribution in [0.5, 0.6) is 11.5 Å². The second-order valence-electron chi connectivity index (χ2n) is 10.5. The van der Waals surface area contributed by atoms with Crippen LogP contribution in [-0.4, -0.2) is 24.3 Å². The lowest BCUT2D eigenvalue weighted by molar-refractivity contribution is -0.139. The fourth-order valence-electron chi connectivity index (χ4n) is 5.05. The number of rotatable bonds is 9. The molecule has 2 heterocycles. The summed E-state index contributed by atoms with van der Waals surface area (Å²) in [4.78, 5) is 32.4. The predicted octanol–water partition coefficient (Wildman–Crippen LogP) is 6.93. The number of allylic oxidation sites excluding steroid dienone is 1. The molecule has 3 aromatic carbocycles. The maximum Gasteiger partial charge on any atom is 0.338 e. The molecule has 1 aliphatic rings. The molecule has 1 atom stereocenters. The summed E-state index contributed by atoms with van der Waals surface area (Å²) in [7, 11) is 1.56. The molecule has 0 saturated carbocycles. The summed E-state index contributed by atoms with van der Waals surface area (Å²) in [5.41, 5.74) is 4.17. The van der Waals surface area contributed by atoms with Crippen LogP contribution in [0.1, 0.15) is 61.9 Å². The normalized spacial score (nSPS) is 14.8. The van der Waals surface area contributed by atoms with Crippen molar-refractivity contribution in [2.24, 2.45) is 4.99 Å². The van der Waals surface area contributed by atoms with Crippen LogP contribution in [0, 0.1) is 0 Å². The van der Waals surface area contributed by atoms with E-state index in [0.717, 1.165) is 16.7 Å². The number of halogens is 2. The fraction of sp³-hybridized carbons (Fsp3) is 0.265. The number of methoxy groups -OCH3 is 1. The van der Waals surface area contributed by atoms with Crippen molar-refractivity contribution in [3.63, 3.8) is 0 Å². The molecular weight excluding hydrogens is 664 g/mol. The lowest BCUT2D eigenvalue weighted by Gasteiger charge is -2.25. The Morgan fingerprint density at radius 2 is 1.89 bits per heavy atom. The topological polar surface area (TPSA) is 79.1 Å². The molecule has 44 heavy (non-hydrogen) atoms. The molecule has 0 saturated heterocycles.